The Morgan fingerprint density at radius 2 is 1.67 bits per heavy atom. The molecule has 33 heavy (non-hydrogen) atoms. The summed E-state index contributed by atoms with van der Waals surface area (Å²) < 4.78 is 39.5. The molecular formula is C22H23ClN4O5S. The minimum atomic E-state index is -3.74. The largest absolute Gasteiger partial charge is 0.493 e. The zero-order valence-electron chi connectivity index (χ0n) is 18.1. The van der Waals surface area contributed by atoms with Crippen LogP contribution in [0, 0.1) is 0 Å². The molecule has 2 aromatic carbocycles. The Bertz CT molecular complexity index is 1270. The molecule has 4 rings (SSSR count). The summed E-state index contributed by atoms with van der Waals surface area (Å²) in [7, 11) is -0.809. The van der Waals surface area contributed by atoms with Gasteiger partial charge in [0.1, 0.15) is 0 Å². The van der Waals surface area contributed by atoms with Crippen molar-refractivity contribution in [2.45, 2.75) is 4.90 Å². The highest BCUT2D eigenvalue weighted by atomic mass is 35.5. The van der Waals surface area contributed by atoms with E-state index in [0.717, 1.165) is 0 Å². The third-order valence-electron chi connectivity index (χ3n) is 5.43. The quantitative estimate of drug-likeness (QED) is 0.527. The molecule has 1 aliphatic rings. The van der Waals surface area contributed by atoms with Gasteiger partial charge in [0.2, 0.25) is 10.0 Å². The van der Waals surface area contributed by atoms with Crippen LogP contribution in [0.25, 0.3) is 5.69 Å². The second-order valence-electron chi connectivity index (χ2n) is 7.31. The van der Waals surface area contributed by atoms with Gasteiger partial charge in [0.25, 0.3) is 5.91 Å². The summed E-state index contributed by atoms with van der Waals surface area (Å²) in [5, 5.41) is 4.87. The fourth-order valence-electron chi connectivity index (χ4n) is 3.63. The van der Waals surface area contributed by atoms with Crippen LogP contribution in [-0.2, 0) is 10.0 Å². The maximum absolute atomic E-state index is 13.1. The maximum atomic E-state index is 13.1. The summed E-state index contributed by atoms with van der Waals surface area (Å²) in [6.07, 6.45) is 1.67. The van der Waals surface area contributed by atoms with Crippen LogP contribution in [0.3, 0.4) is 0 Å². The Labute approximate surface area is 197 Å². The second kappa shape index (κ2) is 9.42. The first-order valence-corrected chi connectivity index (χ1v) is 12.0. The van der Waals surface area contributed by atoms with Gasteiger partial charge < -0.3 is 14.4 Å². The van der Waals surface area contributed by atoms with Crippen LogP contribution >= 0.6 is 11.6 Å². The number of rotatable bonds is 6. The van der Waals surface area contributed by atoms with E-state index in [-0.39, 0.29) is 42.7 Å². The van der Waals surface area contributed by atoms with Crippen molar-refractivity contribution in [1.82, 2.24) is 19.0 Å². The number of methoxy groups -OCH3 is 2. The first-order valence-electron chi connectivity index (χ1n) is 10.2. The number of carbonyl (C=O) groups excluding carboxylic acids is 1. The molecule has 0 unspecified atom stereocenters. The third kappa shape index (κ3) is 4.54. The van der Waals surface area contributed by atoms with Gasteiger partial charge in [-0.1, -0.05) is 23.7 Å². The summed E-state index contributed by atoms with van der Waals surface area (Å²) in [6.45, 7) is 0.857. The van der Waals surface area contributed by atoms with Crippen molar-refractivity contribution in [3.63, 3.8) is 0 Å². The van der Waals surface area contributed by atoms with Crippen molar-refractivity contribution in [3.8, 4) is 17.2 Å². The van der Waals surface area contributed by atoms with Crippen molar-refractivity contribution in [3.05, 3.63) is 65.4 Å². The van der Waals surface area contributed by atoms with E-state index in [2.05, 4.69) is 5.10 Å². The molecule has 0 atom stereocenters. The van der Waals surface area contributed by atoms with Crippen molar-refractivity contribution in [2.24, 2.45) is 0 Å². The minimum Gasteiger partial charge on any atom is -0.493 e. The van der Waals surface area contributed by atoms with Gasteiger partial charge in [-0.3, -0.25) is 4.79 Å². The van der Waals surface area contributed by atoms with Gasteiger partial charge >= 0.3 is 0 Å². The van der Waals surface area contributed by atoms with E-state index < -0.39 is 10.0 Å². The third-order valence-corrected chi connectivity index (χ3v) is 7.64. The van der Waals surface area contributed by atoms with Crippen LogP contribution in [0.5, 0.6) is 11.5 Å². The predicted molar refractivity (Wildman–Crippen MR) is 123 cm³/mol. The van der Waals surface area contributed by atoms with E-state index in [9.17, 15) is 13.2 Å². The van der Waals surface area contributed by atoms with Gasteiger partial charge in [-0.15, -0.1) is 0 Å². The van der Waals surface area contributed by atoms with E-state index >= 15 is 0 Å². The number of aromatic nitrogens is 2. The molecule has 1 aliphatic heterocycles. The van der Waals surface area contributed by atoms with Crippen LogP contribution in [-0.4, -0.2) is 73.7 Å². The average molecular weight is 491 g/mol. The molecule has 0 saturated carbocycles. The lowest BCUT2D eigenvalue weighted by molar-refractivity contribution is 0.0691. The first-order chi connectivity index (χ1) is 15.8. The summed E-state index contributed by atoms with van der Waals surface area (Å²) in [4.78, 5) is 14.6. The van der Waals surface area contributed by atoms with Crippen molar-refractivity contribution < 1.29 is 22.7 Å². The van der Waals surface area contributed by atoms with Gasteiger partial charge in [-0.25, -0.2) is 13.1 Å². The lowest BCUT2D eigenvalue weighted by Crippen LogP contribution is -2.50. The number of amides is 1. The highest BCUT2D eigenvalue weighted by molar-refractivity contribution is 7.89. The molecule has 1 aromatic heterocycles. The molecule has 3 aromatic rings. The summed E-state index contributed by atoms with van der Waals surface area (Å²) >= 11 is 6.21. The van der Waals surface area contributed by atoms with E-state index in [4.69, 9.17) is 21.1 Å². The number of sulfonamides is 1. The second-order valence-corrected chi connectivity index (χ2v) is 9.66. The monoisotopic (exact) mass is 490 g/mol. The predicted octanol–water partition coefficient (Wildman–Crippen LogP) is 2.69. The number of halogens is 1. The summed E-state index contributed by atoms with van der Waals surface area (Å²) in [6, 6.07) is 13.3. The van der Waals surface area contributed by atoms with Gasteiger partial charge in [0, 0.05) is 38.4 Å². The Morgan fingerprint density at radius 3 is 2.33 bits per heavy atom. The molecule has 0 radical (unpaired) electrons. The van der Waals surface area contributed by atoms with Gasteiger partial charge in [-0.2, -0.15) is 9.40 Å². The molecular weight excluding hydrogens is 468 g/mol. The number of ether oxygens (including phenoxy) is 2. The van der Waals surface area contributed by atoms with E-state index in [1.807, 2.05) is 12.1 Å². The topological polar surface area (TPSA) is 94.0 Å². The smallest absolute Gasteiger partial charge is 0.274 e. The van der Waals surface area contributed by atoms with Gasteiger partial charge in [0.15, 0.2) is 17.2 Å². The zero-order chi connectivity index (χ0) is 23.6. The number of carbonyl (C=O) groups is 1. The lowest BCUT2D eigenvalue weighted by atomic mass is 10.3. The molecule has 1 saturated heterocycles. The summed E-state index contributed by atoms with van der Waals surface area (Å²) in [5.74, 6) is 0.522. The Kier molecular flexibility index (Phi) is 6.59. The zero-order valence-corrected chi connectivity index (χ0v) is 19.7. The lowest BCUT2D eigenvalue weighted by Gasteiger charge is -2.33. The number of benzene rings is 2. The number of hydrogen-bond acceptors (Lipinski definition) is 6. The van der Waals surface area contributed by atoms with Crippen molar-refractivity contribution in [1.29, 1.82) is 0 Å². The van der Waals surface area contributed by atoms with E-state index in [1.165, 1.54) is 30.7 Å². The SMILES string of the molecule is COc1ccc(S(=O)(=O)N2CCN(C(=O)c3ccn(-c4ccccc4Cl)n3)CC2)cc1OC. The molecule has 0 N–H and O–H groups in total. The minimum absolute atomic E-state index is 0.110. The standard InChI is InChI=1S/C22H23ClN4O5S/c1-31-20-8-7-16(15-21(20)32-2)33(29,30)26-13-11-25(12-14-26)22(28)18-9-10-27(24-18)19-6-4-3-5-17(19)23/h3-10,15H,11-14H2,1-2H3. The van der Waals surface area contributed by atoms with Crippen LogP contribution < -0.4 is 9.47 Å². The molecule has 9 nitrogen and oxygen atoms in total. The van der Waals surface area contributed by atoms with Crippen LogP contribution in [0.2, 0.25) is 5.02 Å². The average Bonchev–Trinajstić information content (AvgIpc) is 3.33. The van der Waals surface area contributed by atoms with Crippen LogP contribution in [0.4, 0.5) is 0 Å². The Balaban J connectivity index is 1.45. The Morgan fingerprint density at radius 1 is 0.970 bits per heavy atom. The van der Waals surface area contributed by atoms with Crippen molar-refractivity contribution >= 4 is 27.5 Å². The fraction of sp³-hybridized carbons (Fsp3) is 0.273. The Hall–Kier alpha value is -3.08. The number of hydrogen-bond donors (Lipinski definition) is 0. The van der Waals surface area contributed by atoms with Crippen LogP contribution in [0.1, 0.15) is 10.5 Å². The maximum Gasteiger partial charge on any atom is 0.274 e. The highest BCUT2D eigenvalue weighted by Gasteiger charge is 2.31. The number of piperazine rings is 1. The first kappa shape index (κ1) is 23.1. The van der Waals surface area contributed by atoms with Gasteiger partial charge in [-0.05, 0) is 30.3 Å². The van der Waals surface area contributed by atoms with Gasteiger partial charge in [0.05, 0.1) is 29.8 Å². The molecule has 2 heterocycles. The molecule has 174 valence electrons. The molecule has 0 bridgehead atoms. The van der Waals surface area contributed by atoms with E-state index in [1.54, 1.807) is 40.0 Å². The molecule has 0 aliphatic carbocycles. The fourth-order valence-corrected chi connectivity index (χ4v) is 5.29. The van der Waals surface area contributed by atoms with E-state index in [0.29, 0.717) is 22.2 Å². The molecule has 11 heteroatoms. The summed E-state index contributed by atoms with van der Waals surface area (Å²) in [5.41, 5.74) is 0.940. The van der Waals surface area contributed by atoms with Crippen LogP contribution in [0.15, 0.2) is 59.6 Å². The number of para-hydroxylation sites is 1. The number of nitrogens with zero attached hydrogens (tertiary/aromatic N) is 4. The molecule has 1 fully saturated rings. The highest BCUT2D eigenvalue weighted by Crippen LogP contribution is 2.31. The normalized spacial score (nSPS) is 14.8. The molecule has 0 spiro atoms. The van der Waals surface area contributed by atoms with Crippen molar-refractivity contribution in [2.75, 3.05) is 40.4 Å². The molecule has 1 amide bonds.